The highest BCUT2D eigenvalue weighted by Crippen LogP contribution is 2.27. The van der Waals surface area contributed by atoms with E-state index in [1.165, 1.54) is 11.3 Å². The first-order valence-electron chi connectivity index (χ1n) is 9.99. The Kier molecular flexibility index (Phi) is 8.25. The number of ether oxygens (including phenoxy) is 1. The van der Waals surface area contributed by atoms with Crippen molar-refractivity contribution in [1.29, 1.82) is 0 Å². The van der Waals surface area contributed by atoms with Gasteiger partial charge in [0, 0.05) is 22.5 Å². The third-order valence-corrected chi connectivity index (χ3v) is 5.92. The Morgan fingerprint density at radius 1 is 1.20 bits per heavy atom. The molecule has 158 valence electrons. The second-order valence-corrected chi connectivity index (χ2v) is 7.89. The number of aromatic nitrogens is 1. The third kappa shape index (κ3) is 5.81. The standard InChI is InChI=1S/C23H26ClN3O2S/c1-3-27(4-2)22(20-10-5-6-11-21(20)24)13-25-23(28)17-8-7-9-19(12-17)29-14-18-15-30-16-26-18/h5-12,15-16,22H,3-4,13-14H2,1-2H3,(H,25,28). The number of thiazole rings is 1. The number of carbonyl (C=O) groups excluding carboxylic acids is 1. The lowest BCUT2D eigenvalue weighted by Crippen LogP contribution is -2.38. The van der Waals surface area contributed by atoms with Crippen LogP contribution >= 0.6 is 22.9 Å². The Morgan fingerprint density at radius 3 is 2.70 bits per heavy atom. The van der Waals surface area contributed by atoms with Gasteiger partial charge in [-0.3, -0.25) is 9.69 Å². The fourth-order valence-electron chi connectivity index (χ4n) is 3.33. The van der Waals surface area contributed by atoms with Crippen LogP contribution in [0, 0.1) is 0 Å². The first-order valence-corrected chi connectivity index (χ1v) is 11.3. The van der Waals surface area contributed by atoms with E-state index < -0.39 is 0 Å². The summed E-state index contributed by atoms with van der Waals surface area (Å²) in [5, 5.41) is 5.72. The van der Waals surface area contributed by atoms with Gasteiger partial charge in [-0.15, -0.1) is 11.3 Å². The van der Waals surface area contributed by atoms with E-state index in [0.29, 0.717) is 29.5 Å². The molecule has 7 heteroatoms. The van der Waals surface area contributed by atoms with Gasteiger partial charge in [-0.2, -0.15) is 0 Å². The molecule has 0 saturated heterocycles. The quantitative estimate of drug-likeness (QED) is 0.468. The number of likely N-dealkylation sites (N-methyl/N-ethyl adjacent to an activating group) is 1. The Bertz CT molecular complexity index is 945. The van der Waals surface area contributed by atoms with Gasteiger partial charge in [-0.1, -0.05) is 49.7 Å². The molecule has 1 atom stereocenters. The van der Waals surface area contributed by atoms with Crippen molar-refractivity contribution >= 4 is 28.8 Å². The summed E-state index contributed by atoms with van der Waals surface area (Å²) in [6, 6.07) is 15.0. The molecule has 2 aromatic carbocycles. The monoisotopic (exact) mass is 443 g/mol. The van der Waals surface area contributed by atoms with Crippen molar-refractivity contribution in [1.82, 2.24) is 15.2 Å². The lowest BCUT2D eigenvalue weighted by Gasteiger charge is -2.31. The number of carbonyl (C=O) groups is 1. The van der Waals surface area contributed by atoms with Crippen LogP contribution in [0.5, 0.6) is 5.75 Å². The maximum Gasteiger partial charge on any atom is 0.251 e. The molecule has 3 aromatic rings. The highest BCUT2D eigenvalue weighted by Gasteiger charge is 2.21. The molecule has 1 amide bonds. The summed E-state index contributed by atoms with van der Waals surface area (Å²) in [6.07, 6.45) is 0. The normalized spacial score (nSPS) is 12.0. The molecule has 5 nitrogen and oxygen atoms in total. The zero-order valence-corrected chi connectivity index (χ0v) is 18.7. The van der Waals surface area contributed by atoms with Crippen molar-refractivity contribution in [3.05, 3.63) is 81.3 Å². The predicted octanol–water partition coefficient (Wildman–Crippen LogP) is 5.19. The van der Waals surface area contributed by atoms with E-state index in [4.69, 9.17) is 16.3 Å². The van der Waals surface area contributed by atoms with Crippen molar-refractivity contribution in [2.45, 2.75) is 26.5 Å². The average Bonchev–Trinajstić information content (AvgIpc) is 3.29. The summed E-state index contributed by atoms with van der Waals surface area (Å²) in [4.78, 5) is 19.3. The number of benzene rings is 2. The summed E-state index contributed by atoms with van der Waals surface area (Å²) in [5.74, 6) is 0.500. The lowest BCUT2D eigenvalue weighted by atomic mass is 10.0. The van der Waals surface area contributed by atoms with Crippen LogP contribution in [0.4, 0.5) is 0 Å². The molecular formula is C23H26ClN3O2S. The number of amides is 1. The molecule has 0 aliphatic heterocycles. The van der Waals surface area contributed by atoms with E-state index in [0.717, 1.165) is 24.3 Å². The number of hydrogen-bond acceptors (Lipinski definition) is 5. The van der Waals surface area contributed by atoms with Gasteiger partial charge in [0.2, 0.25) is 0 Å². The minimum Gasteiger partial charge on any atom is -0.487 e. The zero-order valence-electron chi connectivity index (χ0n) is 17.2. The van der Waals surface area contributed by atoms with E-state index in [1.54, 1.807) is 17.6 Å². The molecule has 1 N–H and O–H groups in total. The number of halogens is 1. The van der Waals surface area contributed by atoms with Crippen molar-refractivity contribution < 1.29 is 9.53 Å². The molecule has 1 heterocycles. The van der Waals surface area contributed by atoms with E-state index >= 15 is 0 Å². The topological polar surface area (TPSA) is 54.5 Å². The van der Waals surface area contributed by atoms with Crippen LogP contribution in [0.2, 0.25) is 5.02 Å². The summed E-state index contributed by atoms with van der Waals surface area (Å²) >= 11 is 7.98. The minimum atomic E-state index is -0.140. The number of rotatable bonds is 10. The Hall–Kier alpha value is -2.41. The smallest absolute Gasteiger partial charge is 0.251 e. The molecule has 0 bridgehead atoms. The molecule has 0 aliphatic rings. The van der Waals surface area contributed by atoms with Crippen LogP contribution in [0.25, 0.3) is 0 Å². The first kappa shape index (κ1) is 22.3. The molecule has 0 fully saturated rings. The average molecular weight is 444 g/mol. The van der Waals surface area contributed by atoms with Gasteiger partial charge < -0.3 is 10.1 Å². The Labute approximate surface area is 186 Å². The van der Waals surface area contributed by atoms with Gasteiger partial charge in [-0.05, 0) is 42.9 Å². The predicted molar refractivity (Wildman–Crippen MR) is 122 cm³/mol. The highest BCUT2D eigenvalue weighted by molar-refractivity contribution is 7.07. The van der Waals surface area contributed by atoms with E-state index in [9.17, 15) is 4.79 Å². The van der Waals surface area contributed by atoms with Crippen LogP contribution in [0.3, 0.4) is 0 Å². The van der Waals surface area contributed by atoms with Crippen molar-refractivity contribution in [3.8, 4) is 5.75 Å². The van der Waals surface area contributed by atoms with Crippen molar-refractivity contribution in [2.24, 2.45) is 0 Å². The maximum atomic E-state index is 12.8. The van der Waals surface area contributed by atoms with E-state index in [1.807, 2.05) is 41.8 Å². The number of nitrogens with zero attached hydrogens (tertiary/aromatic N) is 2. The van der Waals surface area contributed by atoms with Gasteiger partial charge >= 0.3 is 0 Å². The molecule has 1 unspecified atom stereocenters. The summed E-state index contributed by atoms with van der Waals surface area (Å²) in [5.41, 5.74) is 4.22. The van der Waals surface area contributed by atoms with Crippen molar-refractivity contribution in [3.63, 3.8) is 0 Å². The number of nitrogens with one attached hydrogen (secondary N) is 1. The maximum absolute atomic E-state index is 12.8. The summed E-state index contributed by atoms with van der Waals surface area (Å²) in [7, 11) is 0. The molecule has 1 aromatic heterocycles. The molecule has 0 saturated carbocycles. The van der Waals surface area contributed by atoms with Crippen LogP contribution in [-0.4, -0.2) is 35.4 Å². The lowest BCUT2D eigenvalue weighted by molar-refractivity contribution is 0.0934. The largest absolute Gasteiger partial charge is 0.487 e. The van der Waals surface area contributed by atoms with E-state index in [2.05, 4.69) is 29.0 Å². The van der Waals surface area contributed by atoms with Gasteiger partial charge in [0.15, 0.2) is 0 Å². The third-order valence-electron chi connectivity index (χ3n) is 4.94. The highest BCUT2D eigenvalue weighted by atomic mass is 35.5. The second-order valence-electron chi connectivity index (χ2n) is 6.76. The summed E-state index contributed by atoms with van der Waals surface area (Å²) in [6.45, 7) is 6.79. The van der Waals surface area contributed by atoms with Gasteiger partial charge in [0.25, 0.3) is 5.91 Å². The molecule has 0 spiro atoms. The van der Waals surface area contributed by atoms with Crippen LogP contribution in [0.1, 0.15) is 41.5 Å². The zero-order chi connectivity index (χ0) is 21.3. The van der Waals surface area contributed by atoms with Crippen molar-refractivity contribution in [2.75, 3.05) is 19.6 Å². The fourth-order valence-corrected chi connectivity index (χ4v) is 4.13. The fraction of sp³-hybridized carbons (Fsp3) is 0.304. The SMILES string of the molecule is CCN(CC)C(CNC(=O)c1cccc(OCc2cscn2)c1)c1ccccc1Cl. The minimum absolute atomic E-state index is 0.00162. The summed E-state index contributed by atoms with van der Waals surface area (Å²) < 4.78 is 5.76. The Balaban J connectivity index is 1.67. The molecule has 0 aliphatic carbocycles. The Morgan fingerprint density at radius 2 is 2.00 bits per heavy atom. The van der Waals surface area contributed by atoms with Crippen LogP contribution in [0.15, 0.2) is 59.4 Å². The van der Waals surface area contributed by atoms with E-state index in [-0.39, 0.29) is 11.9 Å². The van der Waals surface area contributed by atoms with Gasteiger partial charge in [0.05, 0.1) is 17.2 Å². The molecular weight excluding hydrogens is 418 g/mol. The van der Waals surface area contributed by atoms with Gasteiger partial charge in [-0.25, -0.2) is 4.98 Å². The molecule has 3 rings (SSSR count). The first-order chi connectivity index (χ1) is 14.6. The van der Waals surface area contributed by atoms with Crippen LogP contribution in [-0.2, 0) is 6.61 Å². The van der Waals surface area contributed by atoms with Gasteiger partial charge in [0.1, 0.15) is 12.4 Å². The number of hydrogen-bond donors (Lipinski definition) is 1. The molecule has 30 heavy (non-hydrogen) atoms. The second kappa shape index (κ2) is 11.1. The molecule has 0 radical (unpaired) electrons. The van der Waals surface area contributed by atoms with Crippen LogP contribution < -0.4 is 10.1 Å².